The molecular weight excluding hydrogens is 244 g/mol. The third kappa shape index (κ3) is 3.84. The van der Waals surface area contributed by atoms with Gasteiger partial charge in [-0.25, -0.2) is 9.59 Å². The molecule has 0 aliphatic rings. The molecule has 0 amide bonds. The molecule has 0 bridgehead atoms. The summed E-state index contributed by atoms with van der Waals surface area (Å²) in [5, 5.41) is 0. The molecule has 0 saturated carbocycles. The van der Waals surface area contributed by atoms with Gasteiger partial charge >= 0.3 is 11.4 Å². The van der Waals surface area contributed by atoms with Gasteiger partial charge in [0.05, 0.1) is 0 Å². The number of H-pyrrole nitrogens is 4. The van der Waals surface area contributed by atoms with Gasteiger partial charge in [0, 0.05) is 12.3 Å². The quantitative estimate of drug-likeness (QED) is 0.297. The van der Waals surface area contributed by atoms with Crippen LogP contribution in [-0.2, 0) is 0 Å². The van der Waals surface area contributed by atoms with Gasteiger partial charge in [-0.2, -0.15) is 0 Å². The van der Waals surface area contributed by atoms with Gasteiger partial charge in [-0.05, 0) is 0 Å². The Bertz CT molecular complexity index is 723. The van der Waals surface area contributed by atoms with Gasteiger partial charge in [-0.3, -0.25) is 24.5 Å². The van der Waals surface area contributed by atoms with E-state index in [0.29, 0.717) is 0 Å². The average Bonchev–Trinajstić information content (AvgIpc) is 2.23. The molecule has 0 radical (unpaired) electrons. The van der Waals surface area contributed by atoms with Gasteiger partial charge in [-0.15, -0.1) is 0 Å². The number of rotatable bonds is 0. The molecule has 2 aromatic heterocycles. The number of nitrogens with two attached hydrogens (primary N) is 2. The van der Waals surface area contributed by atoms with E-state index in [1.165, 1.54) is 0 Å². The summed E-state index contributed by atoms with van der Waals surface area (Å²) in [6, 6.07) is 1.10. The van der Waals surface area contributed by atoms with Crippen molar-refractivity contribution < 1.29 is 0 Å². The number of nitrogens with one attached hydrogen (secondary N) is 4. The molecule has 0 fully saturated rings. The van der Waals surface area contributed by atoms with E-state index in [4.69, 9.17) is 11.5 Å². The van der Waals surface area contributed by atoms with Crippen molar-refractivity contribution in [3.63, 3.8) is 0 Å². The zero-order chi connectivity index (χ0) is 13.7. The Labute approximate surface area is 97.7 Å². The zero-order valence-corrected chi connectivity index (χ0v) is 8.94. The molecule has 0 spiro atoms. The Morgan fingerprint density at radius 3 is 2.00 bits per heavy atom. The molecule has 0 atom stereocenters. The number of aromatic amines is 4. The van der Waals surface area contributed by atoms with E-state index in [-0.39, 0.29) is 11.5 Å². The summed E-state index contributed by atoms with van der Waals surface area (Å²) in [6.07, 6.45) is 1.15. The highest BCUT2D eigenvalue weighted by Crippen LogP contribution is 1.77. The van der Waals surface area contributed by atoms with Gasteiger partial charge in [0.1, 0.15) is 11.5 Å². The number of nitrogen functional groups attached to an aromatic ring is 2. The number of hydrogen-bond donors (Lipinski definition) is 6. The van der Waals surface area contributed by atoms with E-state index in [9.17, 15) is 19.2 Å². The molecule has 0 unspecified atom stereocenters. The Morgan fingerprint density at radius 2 is 1.56 bits per heavy atom. The minimum Gasteiger partial charge on any atom is -0.393 e. The van der Waals surface area contributed by atoms with Crippen molar-refractivity contribution >= 4 is 11.5 Å². The summed E-state index contributed by atoms with van der Waals surface area (Å²) in [5.74, 6) is 0.0729. The second kappa shape index (κ2) is 5.34. The fourth-order valence-corrected chi connectivity index (χ4v) is 0.908. The maximum atomic E-state index is 10.4. The van der Waals surface area contributed by atoms with Crippen LogP contribution in [0.3, 0.4) is 0 Å². The Morgan fingerprint density at radius 1 is 0.889 bits per heavy atom. The van der Waals surface area contributed by atoms with Crippen molar-refractivity contribution in [3.8, 4) is 0 Å². The lowest BCUT2D eigenvalue weighted by Gasteiger charge is -1.85. The molecule has 0 aromatic carbocycles. The summed E-state index contributed by atoms with van der Waals surface area (Å²) < 4.78 is 0. The van der Waals surface area contributed by atoms with Crippen molar-refractivity contribution in [2.24, 2.45) is 0 Å². The molecular formula is C8H10N6O4. The van der Waals surface area contributed by atoms with Crippen LogP contribution in [0.25, 0.3) is 0 Å². The lowest BCUT2D eigenvalue weighted by molar-refractivity contribution is 1.04. The molecule has 2 aromatic rings. The first-order chi connectivity index (χ1) is 8.38. The minimum absolute atomic E-state index is 0.00889. The van der Waals surface area contributed by atoms with Crippen LogP contribution in [-0.4, -0.2) is 19.9 Å². The summed E-state index contributed by atoms with van der Waals surface area (Å²) in [4.78, 5) is 49.7. The normalized spacial score (nSPS) is 9.33. The molecule has 10 nitrogen and oxygen atoms in total. The average molecular weight is 254 g/mol. The van der Waals surface area contributed by atoms with Gasteiger partial charge in [0.2, 0.25) is 0 Å². The second-order valence-corrected chi connectivity index (χ2v) is 3.07. The van der Waals surface area contributed by atoms with Gasteiger partial charge < -0.3 is 16.5 Å². The SMILES string of the molecule is Nc1c[nH]c(=O)[nH]c1=O.Nc1cc(=O)[nH]c(=O)[nH]1. The minimum atomic E-state index is -0.583. The lowest BCUT2D eigenvalue weighted by Crippen LogP contribution is -2.23. The predicted molar refractivity (Wildman–Crippen MR) is 64.2 cm³/mol. The van der Waals surface area contributed by atoms with E-state index in [1.54, 1.807) is 0 Å². The van der Waals surface area contributed by atoms with E-state index < -0.39 is 22.5 Å². The maximum Gasteiger partial charge on any atom is 0.327 e. The van der Waals surface area contributed by atoms with Crippen LogP contribution in [0.1, 0.15) is 0 Å². The van der Waals surface area contributed by atoms with Crippen LogP contribution in [0.4, 0.5) is 11.5 Å². The summed E-state index contributed by atoms with van der Waals surface area (Å²) in [5.41, 5.74) is 7.99. The van der Waals surface area contributed by atoms with Crippen molar-refractivity contribution in [2.45, 2.75) is 0 Å². The van der Waals surface area contributed by atoms with Crippen molar-refractivity contribution in [1.29, 1.82) is 0 Å². The summed E-state index contributed by atoms with van der Waals surface area (Å²) in [6.45, 7) is 0. The molecule has 0 aliphatic carbocycles. The molecule has 10 heteroatoms. The van der Waals surface area contributed by atoms with Crippen LogP contribution < -0.4 is 34.0 Å². The van der Waals surface area contributed by atoms with Crippen LogP contribution in [0.5, 0.6) is 0 Å². The monoisotopic (exact) mass is 254 g/mol. The number of aromatic nitrogens is 4. The molecule has 2 rings (SSSR count). The zero-order valence-electron chi connectivity index (χ0n) is 8.94. The highest BCUT2D eigenvalue weighted by Gasteiger charge is 1.89. The molecule has 0 saturated heterocycles. The maximum absolute atomic E-state index is 10.4. The fraction of sp³-hybridized carbons (Fsp3) is 0. The van der Waals surface area contributed by atoms with Crippen LogP contribution >= 0.6 is 0 Å². The Hall–Kier alpha value is -3.04. The van der Waals surface area contributed by atoms with Gasteiger partial charge in [0.25, 0.3) is 11.1 Å². The van der Waals surface area contributed by atoms with Gasteiger partial charge in [-0.1, -0.05) is 0 Å². The van der Waals surface area contributed by atoms with Gasteiger partial charge in [0.15, 0.2) is 0 Å². The Kier molecular flexibility index (Phi) is 3.86. The first-order valence-electron chi connectivity index (χ1n) is 4.55. The largest absolute Gasteiger partial charge is 0.393 e. The highest BCUT2D eigenvalue weighted by molar-refractivity contribution is 5.29. The Balaban J connectivity index is 0.000000180. The van der Waals surface area contributed by atoms with Crippen LogP contribution in [0.2, 0.25) is 0 Å². The van der Waals surface area contributed by atoms with Crippen molar-refractivity contribution in [3.05, 3.63) is 53.9 Å². The van der Waals surface area contributed by atoms with E-state index in [1.807, 2.05) is 9.97 Å². The third-order valence-electron chi connectivity index (χ3n) is 1.63. The molecule has 8 N–H and O–H groups in total. The van der Waals surface area contributed by atoms with Crippen LogP contribution in [0.15, 0.2) is 31.4 Å². The summed E-state index contributed by atoms with van der Waals surface area (Å²) in [7, 11) is 0. The highest BCUT2D eigenvalue weighted by atomic mass is 16.2. The molecule has 18 heavy (non-hydrogen) atoms. The molecule has 0 aliphatic heterocycles. The molecule has 96 valence electrons. The van der Waals surface area contributed by atoms with E-state index in [0.717, 1.165) is 12.3 Å². The number of hydrogen-bond acceptors (Lipinski definition) is 6. The first kappa shape index (κ1) is 13.0. The van der Waals surface area contributed by atoms with Crippen molar-refractivity contribution in [2.75, 3.05) is 11.5 Å². The molecule has 2 heterocycles. The predicted octanol–water partition coefficient (Wildman–Crippen LogP) is -2.71. The van der Waals surface area contributed by atoms with Crippen molar-refractivity contribution in [1.82, 2.24) is 19.9 Å². The van der Waals surface area contributed by atoms with Crippen LogP contribution in [0, 0.1) is 0 Å². The fourth-order valence-electron chi connectivity index (χ4n) is 0.908. The van der Waals surface area contributed by atoms with E-state index in [2.05, 4.69) is 9.97 Å². The number of anilines is 2. The standard InChI is InChI=1S/2C4H5N3O2/c5-2-1-6-4(9)7-3(2)8;5-2-1-3(8)7-4(9)6-2/h1H,5H2,(H2,6,7,8,9);1H,(H4,5,6,7,8,9). The summed E-state index contributed by atoms with van der Waals surface area (Å²) >= 11 is 0. The van der Waals surface area contributed by atoms with E-state index >= 15 is 0 Å². The smallest absolute Gasteiger partial charge is 0.327 e. The third-order valence-corrected chi connectivity index (χ3v) is 1.63. The first-order valence-corrected chi connectivity index (χ1v) is 4.55. The lowest BCUT2D eigenvalue weighted by atomic mass is 10.6. The topological polar surface area (TPSA) is 183 Å². The second-order valence-electron chi connectivity index (χ2n) is 3.07.